The minimum absolute atomic E-state index is 0.396. The van der Waals surface area contributed by atoms with Crippen molar-refractivity contribution in [3.63, 3.8) is 0 Å². The molecule has 0 aliphatic heterocycles. The lowest BCUT2D eigenvalue weighted by atomic mass is 9.64. The van der Waals surface area contributed by atoms with Gasteiger partial charge >= 0.3 is 0 Å². The molecule has 0 aromatic rings. The van der Waals surface area contributed by atoms with Crippen LogP contribution in [0.2, 0.25) is 0 Å². The number of hydrogen-bond acceptors (Lipinski definition) is 0. The first-order valence-electron chi connectivity index (χ1n) is 8.86. The summed E-state index contributed by atoms with van der Waals surface area (Å²) in [6.45, 7) is 24.1. The van der Waals surface area contributed by atoms with E-state index in [9.17, 15) is 0 Å². The van der Waals surface area contributed by atoms with Crippen LogP contribution in [-0.2, 0) is 0 Å². The van der Waals surface area contributed by atoms with E-state index in [1.807, 2.05) is 0 Å². The van der Waals surface area contributed by atoms with Gasteiger partial charge in [0, 0.05) is 0 Å². The van der Waals surface area contributed by atoms with Gasteiger partial charge in [0.25, 0.3) is 0 Å². The molecular formula is C20H42. The van der Waals surface area contributed by atoms with Crippen molar-refractivity contribution in [1.82, 2.24) is 0 Å². The molecule has 0 bridgehead atoms. The fraction of sp³-hybridized carbons (Fsp3) is 1.00. The molecule has 0 saturated carbocycles. The van der Waals surface area contributed by atoms with Gasteiger partial charge in [-0.1, -0.05) is 82.1 Å². The van der Waals surface area contributed by atoms with E-state index in [4.69, 9.17) is 0 Å². The van der Waals surface area contributed by atoms with Gasteiger partial charge in [-0.05, 0) is 47.3 Å². The van der Waals surface area contributed by atoms with Crippen molar-refractivity contribution in [2.75, 3.05) is 0 Å². The van der Waals surface area contributed by atoms with Gasteiger partial charge in [0.15, 0.2) is 0 Å². The van der Waals surface area contributed by atoms with E-state index in [2.05, 4.69) is 69.2 Å². The average Bonchev–Trinajstić information content (AvgIpc) is 2.32. The Morgan fingerprint density at radius 1 is 0.850 bits per heavy atom. The topological polar surface area (TPSA) is 0 Å². The van der Waals surface area contributed by atoms with Crippen LogP contribution in [0.25, 0.3) is 0 Å². The van der Waals surface area contributed by atoms with Crippen LogP contribution in [0.5, 0.6) is 0 Å². The standard InChI is InChI=1S/C20H42/c1-11-16(3)17(15-19(7,8)12-2)13-14-20(9,10)18(4,5)6/h16-17H,11-15H2,1-10H3. The third kappa shape index (κ3) is 6.19. The van der Waals surface area contributed by atoms with Crippen LogP contribution in [0, 0.1) is 28.1 Å². The van der Waals surface area contributed by atoms with Crippen LogP contribution >= 0.6 is 0 Å². The molecule has 2 atom stereocenters. The maximum Gasteiger partial charge on any atom is -0.0305 e. The Balaban J connectivity index is 4.77. The van der Waals surface area contributed by atoms with Gasteiger partial charge in [0.1, 0.15) is 0 Å². The second kappa shape index (κ2) is 7.32. The Labute approximate surface area is 130 Å². The SMILES string of the molecule is CCC(C)C(CCC(C)(C)C(C)(C)C)CC(C)(C)CC. The van der Waals surface area contributed by atoms with Gasteiger partial charge in [0.2, 0.25) is 0 Å². The Kier molecular flexibility index (Phi) is 7.32. The Bertz CT molecular complexity index is 264. The zero-order valence-corrected chi connectivity index (χ0v) is 16.2. The second-order valence-electron chi connectivity index (χ2n) is 9.54. The fourth-order valence-electron chi connectivity index (χ4n) is 2.70. The van der Waals surface area contributed by atoms with E-state index in [0.717, 1.165) is 11.8 Å². The van der Waals surface area contributed by atoms with Gasteiger partial charge < -0.3 is 0 Å². The summed E-state index contributed by atoms with van der Waals surface area (Å²) in [5.41, 5.74) is 1.32. The van der Waals surface area contributed by atoms with Gasteiger partial charge in [-0.15, -0.1) is 0 Å². The normalized spacial score (nSPS) is 17.1. The lowest BCUT2D eigenvalue weighted by Crippen LogP contribution is -2.31. The largest absolute Gasteiger partial charge is 0.0651 e. The van der Waals surface area contributed by atoms with Crippen LogP contribution in [0.4, 0.5) is 0 Å². The highest BCUT2D eigenvalue weighted by molar-refractivity contribution is 4.84. The molecule has 0 spiro atoms. The van der Waals surface area contributed by atoms with Crippen LogP contribution < -0.4 is 0 Å². The third-order valence-electron chi connectivity index (χ3n) is 6.39. The van der Waals surface area contributed by atoms with Crippen molar-refractivity contribution < 1.29 is 0 Å². The quantitative estimate of drug-likeness (QED) is 0.437. The van der Waals surface area contributed by atoms with Crippen LogP contribution in [0.15, 0.2) is 0 Å². The molecule has 0 aliphatic rings. The van der Waals surface area contributed by atoms with Crippen molar-refractivity contribution >= 4 is 0 Å². The first kappa shape index (κ1) is 20.0. The van der Waals surface area contributed by atoms with E-state index in [-0.39, 0.29) is 0 Å². The lowest BCUT2D eigenvalue weighted by molar-refractivity contribution is 0.0932. The van der Waals surface area contributed by atoms with E-state index in [1.54, 1.807) is 0 Å². The smallest absolute Gasteiger partial charge is 0.0305 e. The van der Waals surface area contributed by atoms with Crippen molar-refractivity contribution in [1.29, 1.82) is 0 Å². The highest BCUT2D eigenvalue weighted by atomic mass is 14.4. The zero-order chi connectivity index (χ0) is 16.2. The summed E-state index contributed by atoms with van der Waals surface area (Å²) in [7, 11) is 0. The molecule has 20 heavy (non-hydrogen) atoms. The molecule has 0 saturated heterocycles. The molecule has 0 rings (SSSR count). The Morgan fingerprint density at radius 3 is 1.70 bits per heavy atom. The van der Waals surface area contributed by atoms with Crippen LogP contribution in [0.1, 0.15) is 101 Å². The monoisotopic (exact) mass is 282 g/mol. The molecule has 0 nitrogen and oxygen atoms in total. The van der Waals surface area contributed by atoms with E-state index in [0.29, 0.717) is 16.2 Å². The van der Waals surface area contributed by atoms with Crippen LogP contribution in [0.3, 0.4) is 0 Å². The Hall–Kier alpha value is 0. The average molecular weight is 283 g/mol. The summed E-state index contributed by atoms with van der Waals surface area (Å²) in [5, 5.41) is 0. The third-order valence-corrected chi connectivity index (χ3v) is 6.39. The summed E-state index contributed by atoms with van der Waals surface area (Å²) < 4.78 is 0. The molecule has 0 aromatic heterocycles. The minimum atomic E-state index is 0.396. The van der Waals surface area contributed by atoms with Gasteiger partial charge in [-0.25, -0.2) is 0 Å². The molecule has 0 fully saturated rings. The Morgan fingerprint density at radius 2 is 1.35 bits per heavy atom. The molecule has 0 heteroatoms. The molecule has 0 N–H and O–H groups in total. The number of rotatable bonds is 8. The maximum atomic E-state index is 2.46. The summed E-state index contributed by atoms with van der Waals surface area (Å²) in [6.07, 6.45) is 6.75. The van der Waals surface area contributed by atoms with Gasteiger partial charge in [0.05, 0.1) is 0 Å². The van der Waals surface area contributed by atoms with Gasteiger partial charge in [-0.3, -0.25) is 0 Å². The fourth-order valence-corrected chi connectivity index (χ4v) is 2.70. The highest BCUT2D eigenvalue weighted by Gasteiger charge is 2.34. The molecule has 122 valence electrons. The molecule has 2 unspecified atom stereocenters. The molecule has 0 aromatic carbocycles. The molecule has 0 amide bonds. The summed E-state index contributed by atoms with van der Waals surface area (Å²) in [5.74, 6) is 1.74. The summed E-state index contributed by atoms with van der Waals surface area (Å²) in [6, 6.07) is 0. The lowest BCUT2D eigenvalue weighted by Gasteiger charge is -2.41. The minimum Gasteiger partial charge on any atom is -0.0651 e. The predicted molar refractivity (Wildman–Crippen MR) is 94.1 cm³/mol. The van der Waals surface area contributed by atoms with Crippen molar-refractivity contribution in [2.45, 2.75) is 101 Å². The first-order chi connectivity index (χ1) is 8.86. The van der Waals surface area contributed by atoms with E-state index >= 15 is 0 Å². The first-order valence-corrected chi connectivity index (χ1v) is 8.86. The second-order valence-corrected chi connectivity index (χ2v) is 9.54. The van der Waals surface area contributed by atoms with Crippen molar-refractivity contribution in [3.05, 3.63) is 0 Å². The van der Waals surface area contributed by atoms with Crippen molar-refractivity contribution in [3.8, 4) is 0 Å². The highest BCUT2D eigenvalue weighted by Crippen LogP contribution is 2.44. The molecule has 0 radical (unpaired) electrons. The zero-order valence-electron chi connectivity index (χ0n) is 16.2. The molecule has 0 heterocycles. The summed E-state index contributed by atoms with van der Waals surface area (Å²) >= 11 is 0. The predicted octanol–water partition coefficient (Wildman–Crippen LogP) is 7.33. The van der Waals surface area contributed by atoms with E-state index < -0.39 is 0 Å². The van der Waals surface area contributed by atoms with Crippen molar-refractivity contribution in [2.24, 2.45) is 28.1 Å². The molecular weight excluding hydrogens is 240 g/mol. The van der Waals surface area contributed by atoms with Gasteiger partial charge in [-0.2, -0.15) is 0 Å². The van der Waals surface area contributed by atoms with Crippen LogP contribution in [-0.4, -0.2) is 0 Å². The number of hydrogen-bond donors (Lipinski definition) is 0. The summed E-state index contributed by atoms with van der Waals surface area (Å²) in [4.78, 5) is 0. The molecule has 0 aliphatic carbocycles. The maximum absolute atomic E-state index is 2.46. The van der Waals surface area contributed by atoms with E-state index in [1.165, 1.54) is 32.1 Å².